The summed E-state index contributed by atoms with van der Waals surface area (Å²) in [5, 5.41) is 3.89. The summed E-state index contributed by atoms with van der Waals surface area (Å²) in [4.78, 5) is 11.8. The van der Waals surface area contributed by atoms with Crippen LogP contribution < -0.4 is 15.9 Å². The topological polar surface area (TPSA) is 76.7 Å². The van der Waals surface area contributed by atoms with Crippen molar-refractivity contribution in [1.82, 2.24) is 5.43 Å². The molecule has 3 N–H and O–H groups in total. The van der Waals surface area contributed by atoms with Crippen molar-refractivity contribution in [2.75, 3.05) is 12.8 Å². The van der Waals surface area contributed by atoms with Crippen molar-refractivity contribution >= 4 is 17.8 Å². The van der Waals surface area contributed by atoms with Gasteiger partial charge in [0.25, 0.3) is 5.91 Å². The van der Waals surface area contributed by atoms with Crippen LogP contribution >= 0.6 is 0 Å². The summed E-state index contributed by atoms with van der Waals surface area (Å²) in [6.07, 6.45) is 1.55. The van der Waals surface area contributed by atoms with Crippen LogP contribution in [0, 0.1) is 0 Å². The second kappa shape index (κ2) is 6.38. The van der Waals surface area contributed by atoms with E-state index in [-0.39, 0.29) is 5.91 Å². The minimum atomic E-state index is -0.340. The molecular formula is C15H15N3O2. The number of hydrogen-bond acceptors (Lipinski definition) is 4. The van der Waals surface area contributed by atoms with Gasteiger partial charge in [0, 0.05) is 5.69 Å². The number of methoxy groups -OCH3 is 1. The number of ether oxygens (including phenoxy) is 1. The molecule has 0 spiro atoms. The maximum absolute atomic E-state index is 11.8. The summed E-state index contributed by atoms with van der Waals surface area (Å²) in [5.41, 5.74) is 9.82. The first-order chi connectivity index (χ1) is 9.70. The second-order valence-electron chi connectivity index (χ2n) is 4.06. The Hall–Kier alpha value is -2.82. The van der Waals surface area contributed by atoms with Gasteiger partial charge in [0.1, 0.15) is 5.75 Å². The molecule has 0 radical (unpaired) electrons. The summed E-state index contributed by atoms with van der Waals surface area (Å²) in [5.74, 6) is 0.427. The van der Waals surface area contributed by atoms with E-state index < -0.39 is 0 Å². The van der Waals surface area contributed by atoms with Gasteiger partial charge in [-0.3, -0.25) is 4.79 Å². The van der Waals surface area contributed by atoms with E-state index in [0.717, 1.165) is 11.3 Å². The maximum Gasteiger partial charge on any atom is 0.273 e. The van der Waals surface area contributed by atoms with Crippen LogP contribution in [0.4, 0.5) is 5.69 Å². The van der Waals surface area contributed by atoms with Gasteiger partial charge in [0.05, 0.1) is 18.9 Å². The van der Waals surface area contributed by atoms with Crippen LogP contribution in [0.25, 0.3) is 0 Å². The molecule has 0 aliphatic heterocycles. The van der Waals surface area contributed by atoms with E-state index in [4.69, 9.17) is 10.5 Å². The van der Waals surface area contributed by atoms with Crippen molar-refractivity contribution in [1.29, 1.82) is 0 Å². The third-order valence-electron chi connectivity index (χ3n) is 2.70. The number of anilines is 1. The van der Waals surface area contributed by atoms with Crippen molar-refractivity contribution < 1.29 is 9.53 Å². The van der Waals surface area contributed by atoms with Gasteiger partial charge in [-0.25, -0.2) is 5.43 Å². The fourth-order valence-electron chi connectivity index (χ4n) is 1.62. The Kier molecular flexibility index (Phi) is 4.34. The van der Waals surface area contributed by atoms with Gasteiger partial charge >= 0.3 is 0 Å². The Morgan fingerprint density at radius 1 is 1.20 bits per heavy atom. The molecule has 0 heterocycles. The molecule has 2 rings (SSSR count). The third-order valence-corrected chi connectivity index (χ3v) is 2.70. The predicted octanol–water partition coefficient (Wildman–Crippen LogP) is 2.04. The third kappa shape index (κ3) is 3.35. The molecular weight excluding hydrogens is 254 g/mol. The first kappa shape index (κ1) is 13.6. The standard InChI is InChI=1S/C15H15N3O2/c1-20-12-8-6-11(7-9-12)10-17-18-15(19)13-4-2-3-5-14(13)16/h2-10H,16H2,1H3,(H,18,19)/b17-10-. The molecule has 0 fully saturated rings. The summed E-state index contributed by atoms with van der Waals surface area (Å²) < 4.78 is 5.05. The highest BCUT2D eigenvalue weighted by molar-refractivity contribution is 5.99. The number of benzene rings is 2. The number of amides is 1. The number of nitrogens with zero attached hydrogens (tertiary/aromatic N) is 1. The summed E-state index contributed by atoms with van der Waals surface area (Å²) in [7, 11) is 1.60. The molecule has 0 aromatic heterocycles. The summed E-state index contributed by atoms with van der Waals surface area (Å²) in [6.45, 7) is 0. The zero-order chi connectivity index (χ0) is 14.4. The molecule has 5 heteroatoms. The average molecular weight is 269 g/mol. The van der Waals surface area contributed by atoms with Crippen LogP contribution in [-0.4, -0.2) is 19.2 Å². The number of nitrogens with two attached hydrogens (primary N) is 1. The zero-order valence-corrected chi connectivity index (χ0v) is 11.0. The fraction of sp³-hybridized carbons (Fsp3) is 0.0667. The highest BCUT2D eigenvalue weighted by Crippen LogP contribution is 2.11. The predicted molar refractivity (Wildman–Crippen MR) is 78.9 cm³/mol. The van der Waals surface area contributed by atoms with Gasteiger partial charge in [-0.1, -0.05) is 12.1 Å². The van der Waals surface area contributed by atoms with Gasteiger partial charge in [0.15, 0.2) is 0 Å². The molecule has 0 bridgehead atoms. The molecule has 2 aromatic carbocycles. The number of hydrogen-bond donors (Lipinski definition) is 2. The van der Waals surface area contributed by atoms with Gasteiger partial charge in [0.2, 0.25) is 0 Å². The molecule has 0 aliphatic rings. The number of carbonyl (C=O) groups excluding carboxylic acids is 1. The first-order valence-electron chi connectivity index (χ1n) is 6.02. The first-order valence-corrected chi connectivity index (χ1v) is 6.02. The lowest BCUT2D eigenvalue weighted by molar-refractivity contribution is 0.0956. The number of para-hydroxylation sites is 1. The molecule has 0 saturated heterocycles. The lowest BCUT2D eigenvalue weighted by Gasteiger charge is -2.03. The van der Waals surface area contributed by atoms with E-state index >= 15 is 0 Å². The van der Waals surface area contributed by atoms with Crippen LogP contribution in [0.1, 0.15) is 15.9 Å². The van der Waals surface area contributed by atoms with Crippen LogP contribution in [0.3, 0.4) is 0 Å². The molecule has 20 heavy (non-hydrogen) atoms. The Bertz CT molecular complexity index is 621. The van der Waals surface area contributed by atoms with Crippen molar-refractivity contribution in [2.24, 2.45) is 5.10 Å². The van der Waals surface area contributed by atoms with Crippen LogP contribution in [0.2, 0.25) is 0 Å². The average Bonchev–Trinajstić information content (AvgIpc) is 2.48. The smallest absolute Gasteiger partial charge is 0.273 e. The SMILES string of the molecule is COc1ccc(/C=N\NC(=O)c2ccccc2N)cc1. The molecule has 0 atom stereocenters. The Balaban J connectivity index is 1.99. The molecule has 2 aromatic rings. The Labute approximate surface area is 117 Å². The Morgan fingerprint density at radius 3 is 2.55 bits per heavy atom. The van der Waals surface area contributed by atoms with Crippen molar-refractivity contribution in [3.8, 4) is 5.75 Å². The highest BCUT2D eigenvalue weighted by atomic mass is 16.5. The van der Waals surface area contributed by atoms with Gasteiger partial charge in [-0.05, 0) is 42.0 Å². The van der Waals surface area contributed by atoms with E-state index in [2.05, 4.69) is 10.5 Å². The van der Waals surface area contributed by atoms with Crippen LogP contribution in [0.5, 0.6) is 5.75 Å². The number of rotatable bonds is 4. The van der Waals surface area contributed by atoms with E-state index in [1.54, 1.807) is 37.6 Å². The van der Waals surface area contributed by atoms with E-state index in [1.165, 1.54) is 0 Å². The van der Waals surface area contributed by atoms with Crippen LogP contribution in [-0.2, 0) is 0 Å². The largest absolute Gasteiger partial charge is 0.497 e. The normalized spacial score (nSPS) is 10.4. The fourth-order valence-corrected chi connectivity index (χ4v) is 1.62. The van der Waals surface area contributed by atoms with E-state index in [9.17, 15) is 4.79 Å². The maximum atomic E-state index is 11.8. The lowest BCUT2D eigenvalue weighted by atomic mass is 10.2. The second-order valence-corrected chi connectivity index (χ2v) is 4.06. The molecule has 0 unspecified atom stereocenters. The minimum Gasteiger partial charge on any atom is -0.497 e. The Morgan fingerprint density at radius 2 is 1.90 bits per heavy atom. The van der Waals surface area contributed by atoms with Gasteiger partial charge < -0.3 is 10.5 Å². The molecule has 5 nitrogen and oxygen atoms in total. The van der Waals surface area contributed by atoms with Crippen molar-refractivity contribution in [3.05, 3.63) is 59.7 Å². The summed E-state index contributed by atoms with van der Waals surface area (Å²) in [6, 6.07) is 14.1. The number of nitrogens with one attached hydrogen (secondary N) is 1. The molecule has 1 amide bonds. The van der Waals surface area contributed by atoms with Gasteiger partial charge in [-0.2, -0.15) is 5.10 Å². The van der Waals surface area contributed by atoms with E-state index in [0.29, 0.717) is 11.3 Å². The number of nitrogen functional groups attached to an aromatic ring is 1. The van der Waals surface area contributed by atoms with Crippen molar-refractivity contribution in [3.63, 3.8) is 0 Å². The molecule has 102 valence electrons. The monoisotopic (exact) mass is 269 g/mol. The quantitative estimate of drug-likeness (QED) is 0.506. The number of hydrazone groups is 1. The summed E-state index contributed by atoms with van der Waals surface area (Å²) >= 11 is 0. The molecule has 0 aliphatic carbocycles. The zero-order valence-electron chi connectivity index (χ0n) is 11.0. The minimum absolute atomic E-state index is 0.340. The van der Waals surface area contributed by atoms with Crippen molar-refractivity contribution in [2.45, 2.75) is 0 Å². The molecule has 0 saturated carbocycles. The van der Waals surface area contributed by atoms with E-state index in [1.807, 2.05) is 24.3 Å². The van der Waals surface area contributed by atoms with Crippen LogP contribution in [0.15, 0.2) is 53.6 Å². The lowest BCUT2D eigenvalue weighted by Crippen LogP contribution is -2.18. The number of carbonyl (C=O) groups is 1. The van der Waals surface area contributed by atoms with Gasteiger partial charge in [-0.15, -0.1) is 0 Å². The highest BCUT2D eigenvalue weighted by Gasteiger charge is 2.06.